The zero-order chi connectivity index (χ0) is 15.3. The lowest BCUT2D eigenvalue weighted by molar-refractivity contribution is 0.00578. The molecule has 1 aromatic heterocycles. The van der Waals surface area contributed by atoms with Crippen molar-refractivity contribution in [3.8, 4) is 6.07 Å². The predicted octanol–water partition coefficient (Wildman–Crippen LogP) is 2.41. The Labute approximate surface area is 124 Å². The fourth-order valence-electron chi connectivity index (χ4n) is 2.41. The highest BCUT2D eigenvalue weighted by Gasteiger charge is 2.51. The minimum atomic E-state index is -0.391. The molecular weight excluding hydrogens is 263 g/mol. The van der Waals surface area contributed by atoms with Gasteiger partial charge in [-0.1, -0.05) is 18.2 Å². The van der Waals surface area contributed by atoms with Crippen LogP contribution in [0.1, 0.15) is 33.4 Å². The number of hydrogen-bond acceptors (Lipinski definition) is 4. The molecule has 5 heteroatoms. The predicted molar refractivity (Wildman–Crippen MR) is 82.2 cm³/mol. The van der Waals surface area contributed by atoms with Gasteiger partial charge < -0.3 is 9.31 Å². The van der Waals surface area contributed by atoms with Crippen LogP contribution in [-0.2, 0) is 9.31 Å². The van der Waals surface area contributed by atoms with Crippen molar-refractivity contribution in [2.45, 2.75) is 38.9 Å². The van der Waals surface area contributed by atoms with Gasteiger partial charge in [0.2, 0.25) is 0 Å². The van der Waals surface area contributed by atoms with Gasteiger partial charge in [0.1, 0.15) is 11.8 Å². The molecule has 0 N–H and O–H groups in total. The van der Waals surface area contributed by atoms with Crippen molar-refractivity contribution in [3.05, 3.63) is 36.2 Å². The maximum Gasteiger partial charge on any atom is 0.494 e. The van der Waals surface area contributed by atoms with Crippen LogP contribution in [0.5, 0.6) is 0 Å². The zero-order valence-corrected chi connectivity index (χ0v) is 12.7. The molecule has 3 rings (SSSR count). The first-order valence-corrected chi connectivity index (χ1v) is 6.98. The summed E-state index contributed by atoms with van der Waals surface area (Å²) < 4.78 is 12.1. The minimum Gasteiger partial charge on any atom is -0.399 e. The molecule has 106 valence electrons. The van der Waals surface area contributed by atoms with Gasteiger partial charge in [0, 0.05) is 11.6 Å². The summed E-state index contributed by atoms with van der Waals surface area (Å²) in [6.07, 6.45) is 1.65. The van der Waals surface area contributed by atoms with Crippen molar-refractivity contribution in [2.75, 3.05) is 0 Å². The summed E-state index contributed by atoms with van der Waals surface area (Å²) in [7, 11) is -0.391. The van der Waals surface area contributed by atoms with Crippen molar-refractivity contribution in [1.82, 2.24) is 4.98 Å². The normalized spacial score (nSPS) is 19.7. The van der Waals surface area contributed by atoms with Crippen molar-refractivity contribution in [1.29, 1.82) is 5.26 Å². The van der Waals surface area contributed by atoms with Gasteiger partial charge in [0.15, 0.2) is 0 Å². The van der Waals surface area contributed by atoms with E-state index in [-0.39, 0.29) is 11.2 Å². The Hall–Kier alpha value is -1.90. The summed E-state index contributed by atoms with van der Waals surface area (Å²) in [6, 6.07) is 9.85. The van der Waals surface area contributed by atoms with E-state index < -0.39 is 7.12 Å². The Balaban J connectivity index is 2.02. The topological polar surface area (TPSA) is 55.1 Å². The van der Waals surface area contributed by atoms with E-state index in [1.807, 2.05) is 52.0 Å². The van der Waals surface area contributed by atoms with Crippen LogP contribution in [-0.4, -0.2) is 23.3 Å². The number of nitrogens with zero attached hydrogens (tertiary/aromatic N) is 2. The molecule has 2 aromatic rings. The molecule has 2 heterocycles. The van der Waals surface area contributed by atoms with Crippen molar-refractivity contribution in [3.63, 3.8) is 0 Å². The van der Waals surface area contributed by atoms with Crippen LogP contribution in [0.25, 0.3) is 10.8 Å². The summed E-state index contributed by atoms with van der Waals surface area (Å²) in [5.41, 5.74) is 0.676. The highest BCUT2D eigenvalue weighted by molar-refractivity contribution is 6.62. The van der Waals surface area contributed by atoms with Gasteiger partial charge in [-0.15, -0.1) is 0 Å². The Kier molecular flexibility index (Phi) is 3.05. The molecule has 0 saturated carbocycles. The molecule has 4 nitrogen and oxygen atoms in total. The summed E-state index contributed by atoms with van der Waals surface area (Å²) in [5, 5.41) is 10.9. The summed E-state index contributed by atoms with van der Waals surface area (Å²) in [4.78, 5) is 4.08. The van der Waals surface area contributed by atoms with E-state index in [4.69, 9.17) is 14.6 Å². The van der Waals surface area contributed by atoms with Crippen LogP contribution in [0.15, 0.2) is 30.5 Å². The van der Waals surface area contributed by atoms with Gasteiger partial charge in [-0.25, -0.2) is 4.98 Å². The molecule has 1 aromatic carbocycles. The quantitative estimate of drug-likeness (QED) is 0.753. The second-order valence-corrected chi connectivity index (χ2v) is 6.34. The maximum absolute atomic E-state index is 9.09. The Morgan fingerprint density at radius 1 is 1.10 bits per heavy atom. The van der Waals surface area contributed by atoms with Crippen LogP contribution in [0, 0.1) is 11.3 Å². The second kappa shape index (κ2) is 4.55. The standard InChI is InChI=1S/C16H17BN2O2/c1-15(2)16(3,4)21-17(20-15)12-5-6-13-11(9-12)7-8-19-14(13)10-18/h5-9H,1-4H3. The SMILES string of the molecule is CC1(C)OB(c2ccc3c(C#N)nccc3c2)OC1(C)C. The number of aromatic nitrogens is 1. The average molecular weight is 280 g/mol. The van der Waals surface area contributed by atoms with Gasteiger partial charge in [0.05, 0.1) is 11.2 Å². The van der Waals surface area contributed by atoms with Gasteiger partial charge in [0.25, 0.3) is 0 Å². The van der Waals surface area contributed by atoms with E-state index in [1.54, 1.807) is 6.20 Å². The third-order valence-electron chi connectivity index (χ3n) is 4.42. The number of pyridine rings is 1. The molecule has 1 aliphatic heterocycles. The van der Waals surface area contributed by atoms with E-state index in [2.05, 4.69) is 11.1 Å². The third kappa shape index (κ3) is 2.21. The number of benzene rings is 1. The fourth-order valence-corrected chi connectivity index (χ4v) is 2.41. The van der Waals surface area contributed by atoms with E-state index in [9.17, 15) is 0 Å². The Morgan fingerprint density at radius 2 is 1.76 bits per heavy atom. The Morgan fingerprint density at radius 3 is 2.38 bits per heavy atom. The number of fused-ring (bicyclic) bond motifs is 1. The first-order chi connectivity index (χ1) is 9.84. The molecule has 1 saturated heterocycles. The van der Waals surface area contributed by atoms with Crippen LogP contribution in [0.3, 0.4) is 0 Å². The van der Waals surface area contributed by atoms with E-state index in [0.29, 0.717) is 5.69 Å². The molecule has 0 unspecified atom stereocenters. The molecule has 1 aliphatic rings. The van der Waals surface area contributed by atoms with Crippen molar-refractivity contribution in [2.24, 2.45) is 0 Å². The lowest BCUT2D eigenvalue weighted by atomic mass is 9.78. The summed E-state index contributed by atoms with van der Waals surface area (Å²) in [6.45, 7) is 8.13. The van der Waals surface area contributed by atoms with Gasteiger partial charge in [-0.3, -0.25) is 0 Å². The first-order valence-electron chi connectivity index (χ1n) is 6.98. The molecule has 0 aliphatic carbocycles. The molecule has 0 spiro atoms. The fraction of sp³-hybridized carbons (Fsp3) is 0.375. The Bertz CT molecular complexity index is 734. The minimum absolute atomic E-state index is 0.358. The van der Waals surface area contributed by atoms with Crippen molar-refractivity contribution < 1.29 is 9.31 Å². The highest BCUT2D eigenvalue weighted by Crippen LogP contribution is 2.36. The zero-order valence-electron chi connectivity index (χ0n) is 12.7. The van der Waals surface area contributed by atoms with Gasteiger partial charge >= 0.3 is 7.12 Å². The van der Waals surface area contributed by atoms with Crippen LogP contribution in [0.4, 0.5) is 0 Å². The van der Waals surface area contributed by atoms with E-state index in [0.717, 1.165) is 16.2 Å². The number of rotatable bonds is 1. The smallest absolute Gasteiger partial charge is 0.399 e. The monoisotopic (exact) mass is 280 g/mol. The van der Waals surface area contributed by atoms with Crippen LogP contribution >= 0.6 is 0 Å². The lowest BCUT2D eigenvalue weighted by Crippen LogP contribution is -2.41. The number of hydrogen-bond donors (Lipinski definition) is 0. The first kappa shape index (κ1) is 14.1. The van der Waals surface area contributed by atoms with Gasteiger partial charge in [-0.2, -0.15) is 5.26 Å². The molecule has 0 bridgehead atoms. The number of nitriles is 1. The third-order valence-corrected chi connectivity index (χ3v) is 4.42. The van der Waals surface area contributed by atoms with E-state index >= 15 is 0 Å². The molecule has 0 amide bonds. The largest absolute Gasteiger partial charge is 0.494 e. The summed E-state index contributed by atoms with van der Waals surface area (Å²) in [5.74, 6) is 0. The second-order valence-electron chi connectivity index (χ2n) is 6.34. The van der Waals surface area contributed by atoms with Crippen LogP contribution in [0.2, 0.25) is 0 Å². The molecular formula is C16H17BN2O2. The maximum atomic E-state index is 9.09. The molecule has 21 heavy (non-hydrogen) atoms. The highest BCUT2D eigenvalue weighted by atomic mass is 16.7. The van der Waals surface area contributed by atoms with Crippen LogP contribution < -0.4 is 5.46 Å². The van der Waals surface area contributed by atoms with E-state index in [1.165, 1.54) is 0 Å². The van der Waals surface area contributed by atoms with Gasteiger partial charge in [-0.05, 0) is 44.6 Å². The molecule has 1 fully saturated rings. The summed E-state index contributed by atoms with van der Waals surface area (Å²) >= 11 is 0. The molecule has 0 atom stereocenters. The molecule has 0 radical (unpaired) electrons. The lowest BCUT2D eigenvalue weighted by Gasteiger charge is -2.32. The average Bonchev–Trinajstić information content (AvgIpc) is 2.66. The van der Waals surface area contributed by atoms with Crippen molar-refractivity contribution >= 4 is 23.4 Å².